The maximum atomic E-state index is 5.66. The molecule has 90 valence electrons. The summed E-state index contributed by atoms with van der Waals surface area (Å²) in [6.45, 7) is 7.70. The van der Waals surface area contributed by atoms with E-state index in [-0.39, 0.29) is 0 Å². The van der Waals surface area contributed by atoms with E-state index < -0.39 is 0 Å². The first-order valence-electron chi connectivity index (χ1n) is 6.05. The van der Waals surface area contributed by atoms with Crippen LogP contribution in [0.1, 0.15) is 32.8 Å². The molecular formula is C13H23N3. The summed E-state index contributed by atoms with van der Waals surface area (Å²) in [5.41, 5.74) is 6.94. The molecule has 1 rings (SSSR count). The number of hydrogen-bond donors (Lipinski definition) is 2. The lowest BCUT2D eigenvalue weighted by molar-refractivity contribution is 0.426. The van der Waals surface area contributed by atoms with Crippen LogP contribution in [0.25, 0.3) is 0 Å². The minimum Gasteiger partial charge on any atom is -0.384 e. The quantitative estimate of drug-likeness (QED) is 0.774. The molecule has 0 radical (unpaired) electrons. The van der Waals surface area contributed by atoms with E-state index >= 15 is 0 Å². The number of pyridine rings is 1. The Hall–Kier alpha value is -1.09. The van der Waals surface area contributed by atoms with Crippen LogP contribution in [0.2, 0.25) is 0 Å². The SMILES string of the molecule is CCNC(C)CC(C)Cc1ccnc(N)c1. The number of anilines is 1. The van der Waals surface area contributed by atoms with Crippen molar-refractivity contribution in [3.63, 3.8) is 0 Å². The van der Waals surface area contributed by atoms with Gasteiger partial charge >= 0.3 is 0 Å². The van der Waals surface area contributed by atoms with Crippen LogP contribution in [0.4, 0.5) is 5.82 Å². The third-order valence-corrected chi connectivity index (χ3v) is 2.74. The van der Waals surface area contributed by atoms with Crippen LogP contribution in [-0.2, 0) is 6.42 Å². The molecule has 0 fully saturated rings. The Balaban J connectivity index is 2.42. The van der Waals surface area contributed by atoms with Gasteiger partial charge in [0.1, 0.15) is 5.82 Å². The van der Waals surface area contributed by atoms with E-state index in [0.29, 0.717) is 17.8 Å². The molecule has 2 unspecified atom stereocenters. The molecule has 0 saturated heterocycles. The lowest BCUT2D eigenvalue weighted by Crippen LogP contribution is -2.27. The maximum absolute atomic E-state index is 5.66. The molecule has 0 aliphatic heterocycles. The average Bonchev–Trinajstić information content (AvgIpc) is 2.17. The first-order chi connectivity index (χ1) is 7.61. The monoisotopic (exact) mass is 221 g/mol. The molecule has 0 spiro atoms. The number of nitrogens with zero attached hydrogens (tertiary/aromatic N) is 1. The van der Waals surface area contributed by atoms with Gasteiger partial charge in [-0.05, 0) is 49.9 Å². The number of hydrogen-bond acceptors (Lipinski definition) is 3. The topological polar surface area (TPSA) is 50.9 Å². The third kappa shape index (κ3) is 4.62. The van der Waals surface area contributed by atoms with Crippen molar-refractivity contribution in [3.05, 3.63) is 23.9 Å². The standard InChI is InChI=1S/C13H23N3/c1-4-15-11(3)7-10(2)8-12-5-6-16-13(14)9-12/h5-6,9-11,15H,4,7-8H2,1-3H3,(H2,14,16). The smallest absolute Gasteiger partial charge is 0.123 e. The number of nitrogens with two attached hydrogens (primary N) is 1. The minimum atomic E-state index is 0.583. The van der Waals surface area contributed by atoms with Crippen LogP contribution in [0, 0.1) is 5.92 Å². The van der Waals surface area contributed by atoms with Crippen LogP contribution < -0.4 is 11.1 Å². The summed E-state index contributed by atoms with van der Waals surface area (Å²) in [6, 6.07) is 4.60. The molecule has 2 atom stereocenters. The second kappa shape index (κ2) is 6.48. The Bertz CT molecular complexity index is 312. The van der Waals surface area contributed by atoms with E-state index in [0.717, 1.165) is 13.0 Å². The molecule has 0 saturated carbocycles. The van der Waals surface area contributed by atoms with Crippen LogP contribution in [-0.4, -0.2) is 17.6 Å². The zero-order chi connectivity index (χ0) is 12.0. The molecule has 0 bridgehead atoms. The Morgan fingerprint density at radius 1 is 1.44 bits per heavy atom. The second-order valence-electron chi connectivity index (χ2n) is 4.59. The molecule has 0 aromatic carbocycles. The zero-order valence-electron chi connectivity index (χ0n) is 10.5. The van der Waals surface area contributed by atoms with Crippen LogP contribution in [0.5, 0.6) is 0 Å². The van der Waals surface area contributed by atoms with Crippen molar-refractivity contribution in [2.45, 2.75) is 39.7 Å². The molecule has 3 heteroatoms. The molecule has 0 aliphatic carbocycles. The summed E-state index contributed by atoms with van der Waals surface area (Å²) in [6.07, 6.45) is 4.05. The van der Waals surface area contributed by atoms with E-state index in [4.69, 9.17) is 5.73 Å². The van der Waals surface area contributed by atoms with Crippen molar-refractivity contribution in [3.8, 4) is 0 Å². The number of nitrogen functional groups attached to an aromatic ring is 1. The third-order valence-electron chi connectivity index (χ3n) is 2.74. The average molecular weight is 221 g/mol. The second-order valence-corrected chi connectivity index (χ2v) is 4.59. The van der Waals surface area contributed by atoms with Gasteiger partial charge in [-0.3, -0.25) is 0 Å². The van der Waals surface area contributed by atoms with E-state index in [1.165, 1.54) is 12.0 Å². The molecule has 1 aromatic heterocycles. The van der Waals surface area contributed by atoms with Crippen molar-refractivity contribution >= 4 is 5.82 Å². The zero-order valence-corrected chi connectivity index (χ0v) is 10.5. The van der Waals surface area contributed by atoms with Crippen molar-refractivity contribution in [1.82, 2.24) is 10.3 Å². The van der Waals surface area contributed by atoms with Gasteiger partial charge in [-0.1, -0.05) is 13.8 Å². The lowest BCUT2D eigenvalue weighted by Gasteiger charge is -2.17. The van der Waals surface area contributed by atoms with Gasteiger partial charge in [0.2, 0.25) is 0 Å². The molecule has 0 aliphatic rings. The molecular weight excluding hydrogens is 198 g/mol. The van der Waals surface area contributed by atoms with Gasteiger partial charge in [0.15, 0.2) is 0 Å². The Kier molecular flexibility index (Phi) is 5.26. The molecule has 16 heavy (non-hydrogen) atoms. The van der Waals surface area contributed by atoms with Crippen molar-refractivity contribution in [2.24, 2.45) is 5.92 Å². The van der Waals surface area contributed by atoms with E-state index in [1.54, 1.807) is 6.20 Å². The highest BCUT2D eigenvalue weighted by molar-refractivity contribution is 5.31. The highest BCUT2D eigenvalue weighted by atomic mass is 14.9. The minimum absolute atomic E-state index is 0.583. The summed E-state index contributed by atoms with van der Waals surface area (Å²) in [7, 11) is 0. The summed E-state index contributed by atoms with van der Waals surface area (Å²) >= 11 is 0. The summed E-state index contributed by atoms with van der Waals surface area (Å²) in [4.78, 5) is 4.00. The molecule has 0 amide bonds. The van der Waals surface area contributed by atoms with Gasteiger partial charge in [-0.15, -0.1) is 0 Å². The van der Waals surface area contributed by atoms with Crippen molar-refractivity contribution in [2.75, 3.05) is 12.3 Å². The Labute approximate surface area is 98.5 Å². The highest BCUT2D eigenvalue weighted by Gasteiger charge is 2.08. The predicted octanol–water partition coefficient (Wildman–Crippen LogP) is 2.23. The van der Waals surface area contributed by atoms with Crippen molar-refractivity contribution in [1.29, 1.82) is 0 Å². The van der Waals surface area contributed by atoms with E-state index in [9.17, 15) is 0 Å². The molecule has 3 N–H and O–H groups in total. The van der Waals surface area contributed by atoms with E-state index in [1.807, 2.05) is 12.1 Å². The Morgan fingerprint density at radius 2 is 2.19 bits per heavy atom. The first kappa shape index (κ1) is 13.0. The number of rotatable bonds is 6. The van der Waals surface area contributed by atoms with Crippen LogP contribution in [0.15, 0.2) is 18.3 Å². The van der Waals surface area contributed by atoms with Gasteiger partial charge in [0.25, 0.3) is 0 Å². The van der Waals surface area contributed by atoms with Crippen molar-refractivity contribution < 1.29 is 0 Å². The number of nitrogens with one attached hydrogen (secondary N) is 1. The maximum Gasteiger partial charge on any atom is 0.123 e. The lowest BCUT2D eigenvalue weighted by atomic mass is 9.95. The normalized spacial score (nSPS) is 14.7. The summed E-state index contributed by atoms with van der Waals surface area (Å²) < 4.78 is 0. The highest BCUT2D eigenvalue weighted by Crippen LogP contribution is 2.14. The first-order valence-corrected chi connectivity index (χ1v) is 6.05. The van der Waals surface area contributed by atoms with Crippen LogP contribution in [0.3, 0.4) is 0 Å². The molecule has 3 nitrogen and oxygen atoms in total. The summed E-state index contributed by atoms with van der Waals surface area (Å²) in [5, 5.41) is 3.44. The van der Waals surface area contributed by atoms with Gasteiger partial charge in [-0.2, -0.15) is 0 Å². The fraction of sp³-hybridized carbons (Fsp3) is 0.615. The van der Waals surface area contributed by atoms with E-state index in [2.05, 4.69) is 31.1 Å². The molecule has 1 heterocycles. The number of aromatic nitrogens is 1. The van der Waals surface area contributed by atoms with Gasteiger partial charge < -0.3 is 11.1 Å². The van der Waals surface area contributed by atoms with Gasteiger partial charge in [-0.25, -0.2) is 4.98 Å². The summed E-state index contributed by atoms with van der Waals surface area (Å²) in [5.74, 6) is 1.28. The predicted molar refractivity (Wildman–Crippen MR) is 69.3 cm³/mol. The largest absolute Gasteiger partial charge is 0.384 e. The van der Waals surface area contributed by atoms with Gasteiger partial charge in [0.05, 0.1) is 0 Å². The Morgan fingerprint density at radius 3 is 2.81 bits per heavy atom. The fourth-order valence-corrected chi connectivity index (χ4v) is 2.14. The van der Waals surface area contributed by atoms with Gasteiger partial charge in [0, 0.05) is 12.2 Å². The molecule has 1 aromatic rings. The van der Waals surface area contributed by atoms with Crippen LogP contribution >= 0.6 is 0 Å². The fourth-order valence-electron chi connectivity index (χ4n) is 2.14.